The van der Waals surface area contributed by atoms with E-state index in [0.717, 1.165) is 54.8 Å². The SMILES string of the molecule is CCCOC(=O)C1=C2SCCN2CC1.O=C(O)CC1=CCc2ccccc21. The van der Waals surface area contributed by atoms with Gasteiger partial charge in [0.1, 0.15) is 0 Å². The third kappa shape index (κ3) is 4.75. The predicted octanol–water partition coefficient (Wildman–Crippen LogP) is 3.70. The first-order valence-corrected chi connectivity index (χ1v) is 10.4. The van der Waals surface area contributed by atoms with E-state index in [-0.39, 0.29) is 12.4 Å². The Bertz CT molecular complexity index is 784. The second-order valence-electron chi connectivity index (χ2n) is 6.67. The van der Waals surface area contributed by atoms with Crippen LogP contribution in [0.4, 0.5) is 0 Å². The van der Waals surface area contributed by atoms with Crippen LogP contribution in [0.25, 0.3) is 5.57 Å². The monoisotopic (exact) mass is 387 g/mol. The summed E-state index contributed by atoms with van der Waals surface area (Å²) in [5.41, 5.74) is 4.19. The fraction of sp³-hybridized carbons (Fsp3) is 0.429. The molecule has 0 atom stereocenters. The van der Waals surface area contributed by atoms with Gasteiger partial charge in [-0.05, 0) is 36.0 Å². The summed E-state index contributed by atoms with van der Waals surface area (Å²) in [5.74, 6) is 0.251. The lowest BCUT2D eigenvalue weighted by atomic mass is 10.0. The van der Waals surface area contributed by atoms with Crippen LogP contribution in [0, 0.1) is 0 Å². The van der Waals surface area contributed by atoms with Crippen molar-refractivity contribution in [1.29, 1.82) is 0 Å². The first kappa shape index (κ1) is 19.5. The molecule has 0 bridgehead atoms. The van der Waals surface area contributed by atoms with E-state index in [2.05, 4.69) is 4.90 Å². The highest BCUT2D eigenvalue weighted by molar-refractivity contribution is 8.03. The Labute approximate surface area is 164 Å². The highest BCUT2D eigenvalue weighted by atomic mass is 32.2. The zero-order chi connectivity index (χ0) is 19.2. The van der Waals surface area contributed by atoms with Crippen LogP contribution in [-0.2, 0) is 20.7 Å². The molecule has 144 valence electrons. The number of carbonyl (C=O) groups is 2. The van der Waals surface area contributed by atoms with E-state index >= 15 is 0 Å². The number of nitrogens with zero attached hydrogens (tertiary/aromatic N) is 1. The van der Waals surface area contributed by atoms with Crippen LogP contribution in [0.3, 0.4) is 0 Å². The van der Waals surface area contributed by atoms with E-state index in [4.69, 9.17) is 9.84 Å². The molecule has 1 saturated heterocycles. The second-order valence-corrected chi connectivity index (χ2v) is 7.75. The second kappa shape index (κ2) is 9.13. The van der Waals surface area contributed by atoms with Gasteiger partial charge in [0, 0.05) is 18.8 Å². The van der Waals surface area contributed by atoms with Crippen molar-refractivity contribution >= 4 is 29.3 Å². The van der Waals surface area contributed by atoms with Gasteiger partial charge in [-0.3, -0.25) is 4.79 Å². The molecule has 0 radical (unpaired) electrons. The normalized spacial score (nSPS) is 17.1. The third-order valence-electron chi connectivity index (χ3n) is 4.73. The van der Waals surface area contributed by atoms with Crippen LogP contribution < -0.4 is 0 Å². The average molecular weight is 388 g/mol. The summed E-state index contributed by atoms with van der Waals surface area (Å²) in [7, 11) is 0. The molecule has 1 N–H and O–H groups in total. The molecule has 0 aromatic heterocycles. The Balaban J connectivity index is 0.000000156. The van der Waals surface area contributed by atoms with Gasteiger partial charge in [0.2, 0.25) is 0 Å². The summed E-state index contributed by atoms with van der Waals surface area (Å²) in [4.78, 5) is 24.4. The van der Waals surface area contributed by atoms with Crippen molar-refractivity contribution in [3.05, 3.63) is 52.1 Å². The van der Waals surface area contributed by atoms with Crippen molar-refractivity contribution in [2.75, 3.05) is 25.4 Å². The average Bonchev–Trinajstić information content (AvgIpc) is 3.36. The highest BCUT2D eigenvalue weighted by Gasteiger charge is 2.31. The van der Waals surface area contributed by atoms with Gasteiger partial charge in [-0.2, -0.15) is 0 Å². The number of thioether (sulfide) groups is 1. The quantitative estimate of drug-likeness (QED) is 0.777. The standard InChI is InChI=1S/C11H10O2.C10H15NO2S/c12-11(13)7-9-6-5-8-3-1-2-4-10(8)9;1-2-6-13-10(12)8-3-4-11-5-7-14-9(8)11/h1-4,6H,5,7H2,(H,12,13);2-7H2,1H3. The molecule has 1 fully saturated rings. The minimum absolute atomic E-state index is 0.0984. The van der Waals surface area contributed by atoms with Crippen molar-refractivity contribution in [2.24, 2.45) is 0 Å². The van der Waals surface area contributed by atoms with Gasteiger partial charge in [0.05, 0.1) is 23.6 Å². The molecule has 6 heteroatoms. The largest absolute Gasteiger partial charge is 0.481 e. The Hall–Kier alpha value is -2.21. The minimum atomic E-state index is -0.761. The van der Waals surface area contributed by atoms with E-state index in [1.165, 1.54) is 10.6 Å². The number of carboxylic acid groups (broad SMARTS) is 1. The fourth-order valence-corrected chi connectivity index (χ4v) is 4.68. The van der Waals surface area contributed by atoms with Crippen LogP contribution >= 0.6 is 11.8 Å². The van der Waals surface area contributed by atoms with E-state index < -0.39 is 5.97 Å². The van der Waals surface area contributed by atoms with Crippen LogP contribution in [0.15, 0.2) is 40.9 Å². The minimum Gasteiger partial charge on any atom is -0.481 e. The number of rotatable bonds is 5. The highest BCUT2D eigenvalue weighted by Crippen LogP contribution is 2.37. The number of fused-ring (bicyclic) bond motifs is 2. The molecule has 2 heterocycles. The molecule has 2 aliphatic heterocycles. The smallest absolute Gasteiger partial charge is 0.336 e. The molecule has 27 heavy (non-hydrogen) atoms. The first-order valence-electron chi connectivity index (χ1n) is 9.37. The van der Waals surface area contributed by atoms with Crippen LogP contribution in [0.5, 0.6) is 0 Å². The Morgan fingerprint density at radius 3 is 2.85 bits per heavy atom. The van der Waals surface area contributed by atoms with Crippen molar-refractivity contribution in [1.82, 2.24) is 4.90 Å². The van der Waals surface area contributed by atoms with E-state index in [1.54, 1.807) is 11.8 Å². The Kier molecular flexibility index (Phi) is 6.61. The predicted molar refractivity (Wildman–Crippen MR) is 107 cm³/mol. The number of hydrogen-bond acceptors (Lipinski definition) is 5. The number of carbonyl (C=O) groups excluding carboxylic acids is 1. The molecular formula is C21H25NO4S. The maximum Gasteiger partial charge on any atom is 0.336 e. The van der Waals surface area contributed by atoms with Crippen LogP contribution in [-0.4, -0.2) is 47.4 Å². The molecule has 4 rings (SSSR count). The van der Waals surface area contributed by atoms with Gasteiger partial charge in [-0.25, -0.2) is 4.79 Å². The van der Waals surface area contributed by atoms with Gasteiger partial charge in [-0.15, -0.1) is 11.8 Å². The maximum absolute atomic E-state index is 11.6. The molecule has 0 spiro atoms. The lowest BCUT2D eigenvalue weighted by Crippen LogP contribution is -2.14. The summed E-state index contributed by atoms with van der Waals surface area (Å²) >= 11 is 1.79. The first-order chi connectivity index (χ1) is 13.1. The maximum atomic E-state index is 11.6. The van der Waals surface area contributed by atoms with Crippen molar-refractivity contribution in [3.8, 4) is 0 Å². The zero-order valence-electron chi connectivity index (χ0n) is 15.6. The number of benzene rings is 1. The van der Waals surface area contributed by atoms with E-state index in [0.29, 0.717) is 6.61 Å². The number of aliphatic carboxylic acids is 1. The number of ether oxygens (including phenoxy) is 1. The van der Waals surface area contributed by atoms with Gasteiger partial charge in [-0.1, -0.05) is 37.3 Å². The molecule has 3 aliphatic rings. The van der Waals surface area contributed by atoms with Gasteiger partial charge in [0.15, 0.2) is 0 Å². The van der Waals surface area contributed by atoms with Crippen LogP contribution in [0.2, 0.25) is 0 Å². The summed E-state index contributed by atoms with van der Waals surface area (Å²) in [6.45, 7) is 4.64. The lowest BCUT2D eigenvalue weighted by Gasteiger charge is -2.10. The Morgan fingerprint density at radius 2 is 2.07 bits per heavy atom. The molecular weight excluding hydrogens is 362 g/mol. The van der Waals surface area contributed by atoms with Gasteiger partial charge < -0.3 is 14.7 Å². The van der Waals surface area contributed by atoms with Crippen molar-refractivity contribution in [2.45, 2.75) is 32.6 Å². The molecule has 5 nitrogen and oxygen atoms in total. The number of esters is 1. The molecule has 1 aliphatic carbocycles. The van der Waals surface area contributed by atoms with Crippen molar-refractivity contribution < 1.29 is 19.4 Å². The lowest BCUT2D eigenvalue weighted by molar-refractivity contribution is -0.139. The summed E-state index contributed by atoms with van der Waals surface area (Å²) in [6.07, 6.45) is 4.77. The van der Waals surface area contributed by atoms with E-state index in [1.807, 2.05) is 37.3 Å². The summed E-state index contributed by atoms with van der Waals surface area (Å²) in [5, 5.41) is 9.83. The Morgan fingerprint density at radius 1 is 1.26 bits per heavy atom. The van der Waals surface area contributed by atoms with Gasteiger partial charge in [0.25, 0.3) is 0 Å². The number of hydrogen-bond donors (Lipinski definition) is 1. The fourth-order valence-electron chi connectivity index (χ4n) is 3.45. The molecule has 1 aromatic carbocycles. The van der Waals surface area contributed by atoms with Crippen LogP contribution in [0.1, 0.15) is 37.3 Å². The summed E-state index contributed by atoms with van der Waals surface area (Å²) < 4.78 is 5.15. The number of carboxylic acids is 1. The molecule has 1 aromatic rings. The van der Waals surface area contributed by atoms with E-state index in [9.17, 15) is 9.59 Å². The molecule has 0 amide bonds. The van der Waals surface area contributed by atoms with Crippen molar-refractivity contribution in [3.63, 3.8) is 0 Å². The van der Waals surface area contributed by atoms with Gasteiger partial charge >= 0.3 is 11.9 Å². The zero-order valence-corrected chi connectivity index (χ0v) is 16.4. The molecule has 0 unspecified atom stereocenters. The molecule has 0 saturated carbocycles. The third-order valence-corrected chi connectivity index (χ3v) is 5.90. The topological polar surface area (TPSA) is 66.8 Å². The number of allylic oxidation sites excluding steroid dienone is 1. The summed E-state index contributed by atoms with van der Waals surface area (Å²) in [6, 6.07) is 7.95.